The van der Waals surface area contributed by atoms with E-state index in [4.69, 9.17) is 5.11 Å². The van der Waals surface area contributed by atoms with Gasteiger partial charge in [-0.1, -0.05) is 0 Å². The molecule has 1 heterocycles. The molecule has 0 aliphatic carbocycles. The van der Waals surface area contributed by atoms with Crippen molar-refractivity contribution in [1.29, 1.82) is 0 Å². The van der Waals surface area contributed by atoms with Crippen LogP contribution < -0.4 is 5.32 Å². The van der Waals surface area contributed by atoms with E-state index in [-0.39, 0.29) is 5.56 Å². The van der Waals surface area contributed by atoms with Crippen LogP contribution in [0.1, 0.15) is 22.5 Å². The normalized spacial score (nSPS) is 10.6. The number of aryl methyl sites for hydroxylation is 1. The van der Waals surface area contributed by atoms with Crippen LogP contribution in [-0.4, -0.2) is 53.1 Å². The van der Waals surface area contributed by atoms with Gasteiger partial charge in [0.2, 0.25) is 5.95 Å². The Labute approximate surface area is 101 Å². The molecule has 0 atom stereocenters. The molecule has 0 bridgehead atoms. The van der Waals surface area contributed by atoms with Crippen molar-refractivity contribution in [1.82, 2.24) is 14.9 Å². The van der Waals surface area contributed by atoms with Gasteiger partial charge in [0, 0.05) is 12.7 Å². The van der Waals surface area contributed by atoms with E-state index in [0.717, 1.165) is 19.5 Å². The zero-order chi connectivity index (χ0) is 12.8. The Balaban J connectivity index is 2.50. The van der Waals surface area contributed by atoms with Crippen LogP contribution >= 0.6 is 0 Å². The number of carbonyl (C=O) groups is 1. The van der Waals surface area contributed by atoms with Gasteiger partial charge in [0.25, 0.3) is 0 Å². The molecule has 1 rings (SSSR count). The van der Waals surface area contributed by atoms with Gasteiger partial charge in [-0.3, -0.25) is 0 Å². The van der Waals surface area contributed by atoms with Gasteiger partial charge in [-0.05, 0) is 34.0 Å². The van der Waals surface area contributed by atoms with Gasteiger partial charge in [0.1, 0.15) is 0 Å². The molecule has 0 saturated heterocycles. The Hall–Kier alpha value is -1.69. The molecule has 6 heteroatoms. The van der Waals surface area contributed by atoms with Crippen LogP contribution in [-0.2, 0) is 0 Å². The Kier molecular flexibility index (Phi) is 4.84. The summed E-state index contributed by atoms with van der Waals surface area (Å²) in [5, 5.41) is 11.9. The molecular formula is C11H18N4O2. The van der Waals surface area contributed by atoms with Crippen molar-refractivity contribution in [3.8, 4) is 0 Å². The molecule has 0 fully saturated rings. The number of carboxylic acid groups (broad SMARTS) is 1. The minimum atomic E-state index is -0.998. The number of nitrogens with one attached hydrogen (secondary N) is 1. The van der Waals surface area contributed by atoms with E-state index in [9.17, 15) is 4.79 Å². The highest BCUT2D eigenvalue weighted by Gasteiger charge is 2.09. The van der Waals surface area contributed by atoms with Gasteiger partial charge in [-0.15, -0.1) is 0 Å². The summed E-state index contributed by atoms with van der Waals surface area (Å²) in [6.07, 6.45) is 2.31. The van der Waals surface area contributed by atoms with Crippen molar-refractivity contribution in [2.45, 2.75) is 13.3 Å². The molecule has 17 heavy (non-hydrogen) atoms. The highest BCUT2D eigenvalue weighted by molar-refractivity contribution is 5.88. The molecular weight excluding hydrogens is 220 g/mol. The van der Waals surface area contributed by atoms with E-state index < -0.39 is 5.97 Å². The molecule has 6 nitrogen and oxygen atoms in total. The molecule has 1 aromatic rings. The smallest absolute Gasteiger partial charge is 0.339 e. The van der Waals surface area contributed by atoms with E-state index in [1.807, 2.05) is 14.1 Å². The van der Waals surface area contributed by atoms with Crippen LogP contribution in [0.2, 0.25) is 0 Å². The lowest BCUT2D eigenvalue weighted by atomic mass is 10.2. The lowest BCUT2D eigenvalue weighted by Crippen LogP contribution is -2.17. The summed E-state index contributed by atoms with van der Waals surface area (Å²) in [6, 6.07) is 0. The minimum Gasteiger partial charge on any atom is -0.478 e. The number of anilines is 1. The van der Waals surface area contributed by atoms with E-state index in [1.165, 1.54) is 6.20 Å². The van der Waals surface area contributed by atoms with Crippen molar-refractivity contribution in [2.75, 3.05) is 32.5 Å². The largest absolute Gasteiger partial charge is 0.478 e. The van der Waals surface area contributed by atoms with Crippen LogP contribution in [0.15, 0.2) is 6.20 Å². The van der Waals surface area contributed by atoms with Gasteiger partial charge < -0.3 is 15.3 Å². The minimum absolute atomic E-state index is 0.142. The fourth-order valence-electron chi connectivity index (χ4n) is 1.36. The second kappa shape index (κ2) is 6.15. The third-order valence-corrected chi connectivity index (χ3v) is 2.27. The third kappa shape index (κ3) is 4.36. The molecule has 0 aliphatic heterocycles. The maximum absolute atomic E-state index is 10.8. The lowest BCUT2D eigenvalue weighted by molar-refractivity contribution is 0.0695. The van der Waals surface area contributed by atoms with Crippen molar-refractivity contribution in [3.63, 3.8) is 0 Å². The molecule has 0 aliphatic rings. The molecule has 0 spiro atoms. The van der Waals surface area contributed by atoms with E-state index in [2.05, 4.69) is 20.2 Å². The van der Waals surface area contributed by atoms with E-state index >= 15 is 0 Å². The number of hydrogen-bond acceptors (Lipinski definition) is 5. The summed E-state index contributed by atoms with van der Waals surface area (Å²) >= 11 is 0. The van der Waals surface area contributed by atoms with Crippen LogP contribution in [0.25, 0.3) is 0 Å². The molecule has 0 aromatic carbocycles. The predicted molar refractivity (Wildman–Crippen MR) is 65.4 cm³/mol. The number of hydrogen-bond donors (Lipinski definition) is 2. The molecule has 2 N–H and O–H groups in total. The summed E-state index contributed by atoms with van der Waals surface area (Å²) in [6.45, 7) is 3.42. The maximum atomic E-state index is 10.8. The zero-order valence-corrected chi connectivity index (χ0v) is 10.4. The Bertz CT molecular complexity index is 393. The van der Waals surface area contributed by atoms with E-state index in [0.29, 0.717) is 11.6 Å². The second-order valence-electron chi connectivity index (χ2n) is 4.08. The first-order valence-corrected chi connectivity index (χ1v) is 5.46. The molecule has 1 aromatic heterocycles. The number of aromatic carboxylic acids is 1. The van der Waals surface area contributed by atoms with Crippen LogP contribution in [0, 0.1) is 6.92 Å². The summed E-state index contributed by atoms with van der Waals surface area (Å²) in [5.74, 6) is -0.520. The summed E-state index contributed by atoms with van der Waals surface area (Å²) < 4.78 is 0. The first kappa shape index (κ1) is 13.4. The molecule has 0 unspecified atom stereocenters. The fraction of sp³-hybridized carbons (Fsp3) is 0.545. The second-order valence-corrected chi connectivity index (χ2v) is 4.08. The van der Waals surface area contributed by atoms with Gasteiger partial charge in [-0.2, -0.15) is 0 Å². The standard InChI is InChI=1S/C11H18N4O2/c1-8-9(10(16)17)7-13-11(14-8)12-5-4-6-15(2)3/h7H,4-6H2,1-3H3,(H,16,17)(H,12,13,14). The average Bonchev–Trinajstić information content (AvgIpc) is 2.23. The first-order valence-electron chi connectivity index (χ1n) is 5.46. The van der Waals surface area contributed by atoms with Crippen molar-refractivity contribution >= 4 is 11.9 Å². The third-order valence-electron chi connectivity index (χ3n) is 2.27. The maximum Gasteiger partial charge on any atom is 0.339 e. The Morgan fingerprint density at radius 2 is 2.24 bits per heavy atom. The van der Waals surface area contributed by atoms with Gasteiger partial charge in [-0.25, -0.2) is 14.8 Å². The molecule has 94 valence electrons. The summed E-state index contributed by atoms with van der Waals surface area (Å²) in [7, 11) is 4.03. The van der Waals surface area contributed by atoms with Gasteiger partial charge in [0.05, 0.1) is 11.3 Å². The number of nitrogens with zero attached hydrogens (tertiary/aromatic N) is 3. The van der Waals surface area contributed by atoms with E-state index in [1.54, 1.807) is 6.92 Å². The molecule has 0 amide bonds. The number of aromatic nitrogens is 2. The number of carboxylic acids is 1. The van der Waals surface area contributed by atoms with Crippen molar-refractivity contribution < 1.29 is 9.90 Å². The number of rotatable bonds is 6. The zero-order valence-electron chi connectivity index (χ0n) is 10.4. The monoisotopic (exact) mass is 238 g/mol. The van der Waals surface area contributed by atoms with Gasteiger partial charge in [0.15, 0.2) is 0 Å². The molecule has 0 radical (unpaired) electrons. The SMILES string of the molecule is Cc1nc(NCCCN(C)C)ncc1C(=O)O. The quantitative estimate of drug-likeness (QED) is 0.715. The first-order chi connectivity index (χ1) is 8.00. The fourth-order valence-corrected chi connectivity index (χ4v) is 1.36. The van der Waals surface area contributed by atoms with Gasteiger partial charge >= 0.3 is 5.97 Å². The van der Waals surface area contributed by atoms with Crippen molar-refractivity contribution in [3.05, 3.63) is 17.5 Å². The van der Waals surface area contributed by atoms with Crippen molar-refractivity contribution in [2.24, 2.45) is 0 Å². The van der Waals surface area contributed by atoms with Crippen LogP contribution in [0.3, 0.4) is 0 Å². The van der Waals surface area contributed by atoms with Crippen LogP contribution in [0.4, 0.5) is 5.95 Å². The lowest BCUT2D eigenvalue weighted by Gasteiger charge is -2.10. The molecule has 0 saturated carbocycles. The Morgan fingerprint density at radius 3 is 2.76 bits per heavy atom. The summed E-state index contributed by atoms with van der Waals surface area (Å²) in [4.78, 5) is 20.9. The van der Waals surface area contributed by atoms with Crippen LogP contribution in [0.5, 0.6) is 0 Å². The highest BCUT2D eigenvalue weighted by atomic mass is 16.4. The summed E-state index contributed by atoms with van der Waals surface area (Å²) in [5.41, 5.74) is 0.617. The average molecular weight is 238 g/mol. The highest BCUT2D eigenvalue weighted by Crippen LogP contribution is 2.06. The Morgan fingerprint density at radius 1 is 1.53 bits per heavy atom. The predicted octanol–water partition coefficient (Wildman–Crippen LogP) is 0.847. The topological polar surface area (TPSA) is 78.4 Å².